The van der Waals surface area contributed by atoms with Crippen molar-refractivity contribution in [3.05, 3.63) is 65.7 Å². The van der Waals surface area contributed by atoms with Gasteiger partial charge in [-0.15, -0.1) is 0 Å². The summed E-state index contributed by atoms with van der Waals surface area (Å²) >= 11 is 0. The molecule has 8 heteroatoms. The van der Waals surface area contributed by atoms with Gasteiger partial charge in [-0.25, -0.2) is 13.2 Å². The van der Waals surface area contributed by atoms with Gasteiger partial charge in [-0.2, -0.15) is 4.31 Å². The molecule has 32 heavy (non-hydrogen) atoms. The first-order valence-corrected chi connectivity index (χ1v) is 12.7. The second-order valence-electron chi connectivity index (χ2n) is 9.10. The predicted molar refractivity (Wildman–Crippen MR) is 127 cm³/mol. The van der Waals surface area contributed by atoms with Crippen molar-refractivity contribution in [3.8, 4) is 0 Å². The van der Waals surface area contributed by atoms with Crippen molar-refractivity contribution >= 4 is 21.8 Å². The Kier molecular flexibility index (Phi) is 7.46. The van der Waals surface area contributed by atoms with Crippen molar-refractivity contribution in [1.29, 1.82) is 0 Å². The lowest BCUT2D eigenvalue weighted by Crippen LogP contribution is -2.50. The topological polar surface area (TPSA) is 70.2 Å². The molecule has 0 unspecified atom stereocenters. The summed E-state index contributed by atoms with van der Waals surface area (Å²) in [5.74, 6) is 0. The van der Waals surface area contributed by atoms with Crippen LogP contribution in [0.5, 0.6) is 0 Å². The van der Waals surface area contributed by atoms with Gasteiger partial charge in [0.05, 0.1) is 6.26 Å². The summed E-state index contributed by atoms with van der Waals surface area (Å²) in [6.07, 6.45) is 0.953. The second-order valence-corrected chi connectivity index (χ2v) is 11.1. The predicted octanol–water partition coefficient (Wildman–Crippen LogP) is 3.71. The number of rotatable bonds is 6. The molecule has 0 spiro atoms. The standard InChI is InChI=1S/C24H33N3O4S/c1-24(2,3)31-23(28)26-16-14-25(15-17-26)22-13-9-8-12-21(22)19-27(32(4,29)30)18-20-10-6-5-7-11-20/h5-13H,14-19H2,1-4H3. The monoisotopic (exact) mass is 459 g/mol. The van der Waals surface area contributed by atoms with E-state index in [0.717, 1.165) is 16.8 Å². The van der Waals surface area contributed by atoms with Gasteiger partial charge in [-0.3, -0.25) is 0 Å². The smallest absolute Gasteiger partial charge is 0.410 e. The SMILES string of the molecule is CC(C)(C)OC(=O)N1CCN(c2ccccc2CN(Cc2ccccc2)S(C)(=O)=O)CC1. The number of para-hydroxylation sites is 1. The first-order chi connectivity index (χ1) is 15.0. The molecule has 3 rings (SSSR count). The van der Waals surface area contributed by atoms with Crippen LogP contribution in [0.3, 0.4) is 0 Å². The molecular formula is C24H33N3O4S. The molecule has 0 aliphatic carbocycles. The highest BCUT2D eigenvalue weighted by atomic mass is 32.2. The zero-order valence-electron chi connectivity index (χ0n) is 19.3. The fraction of sp³-hybridized carbons (Fsp3) is 0.458. The van der Waals surface area contributed by atoms with Crippen LogP contribution in [0.15, 0.2) is 54.6 Å². The van der Waals surface area contributed by atoms with Crippen molar-refractivity contribution < 1.29 is 17.9 Å². The highest BCUT2D eigenvalue weighted by Crippen LogP contribution is 2.25. The number of amides is 1. The highest BCUT2D eigenvalue weighted by molar-refractivity contribution is 7.88. The Balaban J connectivity index is 1.72. The third-order valence-corrected chi connectivity index (χ3v) is 6.48. The molecule has 1 fully saturated rings. The van der Waals surface area contributed by atoms with Gasteiger partial charge >= 0.3 is 6.09 Å². The van der Waals surface area contributed by atoms with E-state index in [1.165, 1.54) is 10.6 Å². The van der Waals surface area contributed by atoms with E-state index >= 15 is 0 Å². The lowest BCUT2D eigenvalue weighted by molar-refractivity contribution is 0.0240. The summed E-state index contributed by atoms with van der Waals surface area (Å²) in [7, 11) is -3.40. The average Bonchev–Trinajstić information content (AvgIpc) is 2.73. The minimum Gasteiger partial charge on any atom is -0.444 e. The molecule has 1 amide bonds. The van der Waals surface area contributed by atoms with Crippen LogP contribution in [0.1, 0.15) is 31.9 Å². The Bertz CT molecular complexity index is 1010. The van der Waals surface area contributed by atoms with Gasteiger partial charge in [0, 0.05) is 45.0 Å². The first kappa shape index (κ1) is 24.1. The van der Waals surface area contributed by atoms with Crippen molar-refractivity contribution in [1.82, 2.24) is 9.21 Å². The molecule has 1 saturated heterocycles. The maximum absolute atomic E-state index is 12.5. The summed E-state index contributed by atoms with van der Waals surface area (Å²) < 4.78 is 32.0. The number of benzene rings is 2. The third kappa shape index (κ3) is 6.71. The van der Waals surface area contributed by atoms with E-state index in [4.69, 9.17) is 4.74 Å². The summed E-state index contributed by atoms with van der Waals surface area (Å²) in [5.41, 5.74) is 2.37. The van der Waals surface area contributed by atoms with E-state index in [0.29, 0.717) is 32.7 Å². The third-order valence-electron chi connectivity index (χ3n) is 5.28. The molecule has 0 bridgehead atoms. The van der Waals surface area contributed by atoms with E-state index in [-0.39, 0.29) is 12.6 Å². The van der Waals surface area contributed by atoms with Crippen LogP contribution in [-0.4, -0.2) is 61.8 Å². The Morgan fingerprint density at radius 3 is 2.12 bits per heavy atom. The molecule has 0 atom stereocenters. The normalized spacial score (nSPS) is 15.2. The summed E-state index contributed by atoms with van der Waals surface area (Å²) in [5, 5.41) is 0. The van der Waals surface area contributed by atoms with Crippen molar-refractivity contribution in [2.75, 3.05) is 37.3 Å². The highest BCUT2D eigenvalue weighted by Gasteiger charge is 2.27. The quantitative estimate of drug-likeness (QED) is 0.659. The summed E-state index contributed by atoms with van der Waals surface area (Å²) in [6.45, 7) is 8.63. The van der Waals surface area contributed by atoms with Crippen molar-refractivity contribution in [3.63, 3.8) is 0 Å². The molecule has 0 aromatic heterocycles. The van der Waals surface area contributed by atoms with Crippen LogP contribution >= 0.6 is 0 Å². The Labute approximate surface area is 191 Å². The van der Waals surface area contributed by atoms with Crippen molar-refractivity contribution in [2.45, 2.75) is 39.5 Å². The van der Waals surface area contributed by atoms with Crippen LogP contribution in [0, 0.1) is 0 Å². The molecule has 1 heterocycles. The number of carbonyl (C=O) groups excluding carboxylic acids is 1. The van der Waals surface area contributed by atoms with Crippen molar-refractivity contribution in [2.24, 2.45) is 0 Å². The minimum absolute atomic E-state index is 0.288. The van der Waals surface area contributed by atoms with Gasteiger partial charge in [0.25, 0.3) is 0 Å². The van der Waals surface area contributed by atoms with Gasteiger partial charge in [0.2, 0.25) is 10.0 Å². The van der Waals surface area contributed by atoms with E-state index in [2.05, 4.69) is 4.90 Å². The summed E-state index contributed by atoms with van der Waals surface area (Å²) in [6, 6.07) is 17.5. The molecule has 174 valence electrons. The molecule has 0 radical (unpaired) electrons. The zero-order valence-corrected chi connectivity index (χ0v) is 20.1. The Morgan fingerprint density at radius 1 is 0.938 bits per heavy atom. The molecule has 2 aromatic rings. The largest absolute Gasteiger partial charge is 0.444 e. The number of nitrogens with zero attached hydrogens (tertiary/aromatic N) is 3. The van der Waals surface area contributed by atoms with Gasteiger partial charge in [-0.05, 0) is 38.0 Å². The number of piperazine rings is 1. The fourth-order valence-corrected chi connectivity index (χ4v) is 4.43. The van der Waals surface area contributed by atoms with Crippen LogP contribution in [-0.2, 0) is 27.8 Å². The number of sulfonamides is 1. The second kappa shape index (κ2) is 9.92. The minimum atomic E-state index is -3.40. The van der Waals surface area contributed by atoms with Gasteiger partial charge in [-0.1, -0.05) is 48.5 Å². The number of anilines is 1. The number of hydrogen-bond donors (Lipinski definition) is 0. The maximum Gasteiger partial charge on any atom is 0.410 e. The van der Waals surface area contributed by atoms with Gasteiger partial charge in [0.1, 0.15) is 5.60 Å². The Hall–Kier alpha value is -2.58. The lowest BCUT2D eigenvalue weighted by Gasteiger charge is -2.37. The number of ether oxygens (including phenoxy) is 1. The lowest BCUT2D eigenvalue weighted by atomic mass is 10.1. The van der Waals surface area contributed by atoms with E-state index in [1.807, 2.05) is 75.4 Å². The van der Waals surface area contributed by atoms with Gasteiger partial charge < -0.3 is 14.5 Å². The molecular weight excluding hydrogens is 426 g/mol. The van der Waals surface area contributed by atoms with Crippen LogP contribution in [0.4, 0.5) is 10.5 Å². The molecule has 7 nitrogen and oxygen atoms in total. The van der Waals surface area contributed by atoms with Gasteiger partial charge in [0.15, 0.2) is 0 Å². The molecule has 1 aliphatic rings. The molecule has 1 aliphatic heterocycles. The molecule has 0 N–H and O–H groups in total. The van der Waals surface area contributed by atoms with E-state index in [9.17, 15) is 13.2 Å². The first-order valence-electron chi connectivity index (χ1n) is 10.8. The fourth-order valence-electron chi connectivity index (χ4n) is 3.68. The van der Waals surface area contributed by atoms with E-state index in [1.54, 1.807) is 4.90 Å². The van der Waals surface area contributed by atoms with E-state index < -0.39 is 15.6 Å². The molecule has 2 aromatic carbocycles. The summed E-state index contributed by atoms with van der Waals surface area (Å²) in [4.78, 5) is 16.3. The molecule has 0 saturated carbocycles. The Morgan fingerprint density at radius 2 is 1.53 bits per heavy atom. The zero-order chi connectivity index (χ0) is 23.4. The number of carbonyl (C=O) groups is 1. The van der Waals surface area contributed by atoms with Crippen LogP contribution < -0.4 is 4.90 Å². The van der Waals surface area contributed by atoms with Crippen LogP contribution in [0.25, 0.3) is 0 Å². The number of hydrogen-bond acceptors (Lipinski definition) is 5. The average molecular weight is 460 g/mol. The van der Waals surface area contributed by atoms with Crippen LogP contribution in [0.2, 0.25) is 0 Å². The maximum atomic E-state index is 12.5.